The average molecular weight is 157 g/mol. The molecule has 1 fully saturated rings. The molecule has 1 aliphatic carbocycles. The lowest BCUT2D eigenvalue weighted by Gasteiger charge is -2.24. The molecule has 11 heavy (non-hydrogen) atoms. The maximum absolute atomic E-state index is 12.9. The van der Waals surface area contributed by atoms with Crippen LogP contribution in [0.25, 0.3) is 0 Å². The molecule has 0 aromatic rings. The van der Waals surface area contributed by atoms with E-state index in [1.165, 1.54) is 0 Å². The minimum atomic E-state index is -1.06. The molecule has 3 heteroatoms. The summed E-state index contributed by atoms with van der Waals surface area (Å²) >= 11 is 0. The maximum atomic E-state index is 12.9. The molecule has 0 spiro atoms. The molecule has 1 rings (SSSR count). The highest BCUT2D eigenvalue weighted by molar-refractivity contribution is 5.77. The number of hydrogen-bond acceptors (Lipinski definition) is 1. The predicted molar refractivity (Wildman–Crippen MR) is 40.6 cm³/mol. The quantitative estimate of drug-likeness (QED) is 0.570. The summed E-state index contributed by atoms with van der Waals surface area (Å²) in [5.41, 5.74) is 5.93. The largest absolute Gasteiger partial charge is 0.369 e. The van der Waals surface area contributed by atoms with Crippen molar-refractivity contribution in [3.05, 3.63) is 12.2 Å². The van der Waals surface area contributed by atoms with Crippen molar-refractivity contribution < 1.29 is 9.18 Å². The van der Waals surface area contributed by atoms with Gasteiger partial charge in [-0.25, -0.2) is 4.39 Å². The molecular formula is C8H12FNO. The average Bonchev–Trinajstić information content (AvgIpc) is 1.94. The van der Waals surface area contributed by atoms with E-state index < -0.39 is 18.0 Å². The van der Waals surface area contributed by atoms with Crippen molar-refractivity contribution in [3.8, 4) is 0 Å². The molecule has 1 amide bonds. The van der Waals surface area contributed by atoms with Gasteiger partial charge in [-0.15, -0.1) is 0 Å². The number of nitrogens with two attached hydrogens (primary N) is 1. The third kappa shape index (κ3) is 1.79. The van der Waals surface area contributed by atoms with Crippen LogP contribution in [0.15, 0.2) is 12.2 Å². The van der Waals surface area contributed by atoms with Crippen molar-refractivity contribution in [1.82, 2.24) is 0 Å². The zero-order chi connectivity index (χ0) is 8.43. The minimum Gasteiger partial charge on any atom is -0.369 e. The number of amides is 1. The minimum absolute atomic E-state index is 0.395. The van der Waals surface area contributed by atoms with Crippen molar-refractivity contribution >= 4 is 5.91 Å². The van der Waals surface area contributed by atoms with Crippen molar-refractivity contribution in [2.45, 2.75) is 25.4 Å². The first-order valence-electron chi connectivity index (χ1n) is 3.71. The third-order valence-corrected chi connectivity index (χ3v) is 2.08. The van der Waals surface area contributed by atoms with Crippen molar-refractivity contribution in [1.29, 1.82) is 0 Å². The molecular weight excluding hydrogens is 145 g/mol. The van der Waals surface area contributed by atoms with Gasteiger partial charge in [0.15, 0.2) is 0 Å². The van der Waals surface area contributed by atoms with Gasteiger partial charge < -0.3 is 5.73 Å². The molecule has 2 N–H and O–H groups in total. The Kier molecular flexibility index (Phi) is 2.27. The highest BCUT2D eigenvalue weighted by Crippen LogP contribution is 2.29. The van der Waals surface area contributed by atoms with Gasteiger partial charge in [0.2, 0.25) is 5.91 Å². The molecule has 62 valence electrons. The van der Waals surface area contributed by atoms with Gasteiger partial charge in [0, 0.05) is 0 Å². The van der Waals surface area contributed by atoms with Gasteiger partial charge in [0.1, 0.15) is 6.17 Å². The fourth-order valence-electron chi connectivity index (χ4n) is 1.36. The molecule has 0 aromatic carbocycles. The molecule has 2 nitrogen and oxygen atoms in total. The monoisotopic (exact) mass is 157 g/mol. The highest BCUT2D eigenvalue weighted by atomic mass is 19.1. The number of allylic oxidation sites excluding steroid dienone is 1. The van der Waals surface area contributed by atoms with Crippen LogP contribution in [0.1, 0.15) is 19.3 Å². The fraction of sp³-hybridized carbons (Fsp3) is 0.625. The van der Waals surface area contributed by atoms with E-state index in [0.717, 1.165) is 5.57 Å². The van der Waals surface area contributed by atoms with Crippen LogP contribution in [0.3, 0.4) is 0 Å². The Morgan fingerprint density at radius 2 is 2.36 bits per heavy atom. The SMILES string of the molecule is C=C1CCC(F)C(C(N)=O)C1. The van der Waals surface area contributed by atoms with E-state index in [1.54, 1.807) is 0 Å². The number of carbonyl (C=O) groups is 1. The molecule has 2 atom stereocenters. The number of alkyl halides is 1. The first-order valence-corrected chi connectivity index (χ1v) is 3.71. The first-order chi connectivity index (χ1) is 5.11. The van der Waals surface area contributed by atoms with Crippen LogP contribution < -0.4 is 5.73 Å². The third-order valence-electron chi connectivity index (χ3n) is 2.08. The van der Waals surface area contributed by atoms with Gasteiger partial charge in [-0.05, 0) is 19.3 Å². The normalized spacial score (nSPS) is 31.9. The standard InChI is InChI=1S/C8H12FNO/c1-5-2-3-7(9)6(4-5)8(10)11/h6-7H,1-4H2,(H2,10,11). The van der Waals surface area contributed by atoms with Crippen LogP contribution in [-0.2, 0) is 4.79 Å². The summed E-state index contributed by atoms with van der Waals surface area (Å²) in [4.78, 5) is 10.7. The predicted octanol–water partition coefficient (Wildman–Crippen LogP) is 1.17. The lowest BCUT2D eigenvalue weighted by molar-refractivity contribution is -0.124. The summed E-state index contributed by atoms with van der Waals surface area (Å²) < 4.78 is 12.9. The first kappa shape index (κ1) is 8.24. The summed E-state index contributed by atoms with van der Waals surface area (Å²) in [7, 11) is 0. The number of halogens is 1. The molecule has 1 aliphatic rings. The van der Waals surface area contributed by atoms with Crippen molar-refractivity contribution in [2.24, 2.45) is 11.7 Å². The van der Waals surface area contributed by atoms with Crippen LogP contribution in [0.5, 0.6) is 0 Å². The second-order valence-electron chi connectivity index (χ2n) is 3.02. The van der Waals surface area contributed by atoms with E-state index in [9.17, 15) is 9.18 Å². The molecule has 1 saturated carbocycles. The van der Waals surface area contributed by atoms with Crippen LogP contribution in [0.2, 0.25) is 0 Å². The Labute approximate surface area is 65.3 Å². The zero-order valence-electron chi connectivity index (χ0n) is 6.35. The van der Waals surface area contributed by atoms with Gasteiger partial charge in [-0.3, -0.25) is 4.79 Å². The summed E-state index contributed by atoms with van der Waals surface area (Å²) in [5, 5.41) is 0. The van der Waals surface area contributed by atoms with Gasteiger partial charge in [0.25, 0.3) is 0 Å². The number of primary amides is 1. The topological polar surface area (TPSA) is 43.1 Å². The molecule has 0 saturated heterocycles. The second kappa shape index (κ2) is 3.03. The molecule has 0 heterocycles. The van der Waals surface area contributed by atoms with Gasteiger partial charge >= 0.3 is 0 Å². The summed E-state index contributed by atoms with van der Waals surface area (Å²) in [6.45, 7) is 3.71. The van der Waals surface area contributed by atoms with Crippen molar-refractivity contribution in [3.63, 3.8) is 0 Å². The Bertz CT molecular complexity index is 191. The lowest BCUT2D eigenvalue weighted by atomic mass is 9.84. The molecule has 0 bridgehead atoms. The van der Waals surface area contributed by atoms with Crippen LogP contribution in [-0.4, -0.2) is 12.1 Å². The van der Waals surface area contributed by atoms with Gasteiger partial charge in [-0.1, -0.05) is 12.2 Å². The van der Waals surface area contributed by atoms with Gasteiger partial charge in [0.05, 0.1) is 5.92 Å². The van der Waals surface area contributed by atoms with E-state index in [-0.39, 0.29) is 0 Å². The van der Waals surface area contributed by atoms with E-state index in [4.69, 9.17) is 5.73 Å². The van der Waals surface area contributed by atoms with Crippen LogP contribution >= 0.6 is 0 Å². The van der Waals surface area contributed by atoms with E-state index >= 15 is 0 Å². The number of rotatable bonds is 1. The van der Waals surface area contributed by atoms with Crippen LogP contribution in [0.4, 0.5) is 4.39 Å². The molecule has 0 aromatic heterocycles. The Hall–Kier alpha value is -0.860. The highest BCUT2D eigenvalue weighted by Gasteiger charge is 2.30. The zero-order valence-corrected chi connectivity index (χ0v) is 6.35. The summed E-state index contributed by atoms with van der Waals surface area (Å²) in [6.07, 6.45) is 0.450. The number of carbonyl (C=O) groups excluding carboxylic acids is 1. The van der Waals surface area contributed by atoms with Gasteiger partial charge in [-0.2, -0.15) is 0 Å². The Morgan fingerprint density at radius 1 is 1.73 bits per heavy atom. The van der Waals surface area contributed by atoms with Crippen molar-refractivity contribution in [2.75, 3.05) is 0 Å². The molecule has 2 unspecified atom stereocenters. The van der Waals surface area contributed by atoms with Crippen LogP contribution in [0, 0.1) is 5.92 Å². The fourth-order valence-corrected chi connectivity index (χ4v) is 1.36. The van der Waals surface area contributed by atoms with E-state index in [2.05, 4.69) is 6.58 Å². The lowest BCUT2D eigenvalue weighted by Crippen LogP contribution is -2.34. The Balaban J connectivity index is 2.61. The number of hydrogen-bond donors (Lipinski definition) is 1. The Morgan fingerprint density at radius 3 is 2.82 bits per heavy atom. The summed E-state index contributed by atoms with van der Waals surface area (Å²) in [5.74, 6) is -1.17. The maximum Gasteiger partial charge on any atom is 0.223 e. The second-order valence-corrected chi connectivity index (χ2v) is 3.02. The smallest absolute Gasteiger partial charge is 0.223 e. The van der Waals surface area contributed by atoms with E-state index in [1.807, 2.05) is 0 Å². The van der Waals surface area contributed by atoms with E-state index in [0.29, 0.717) is 19.3 Å². The molecule has 0 radical (unpaired) electrons. The molecule has 0 aliphatic heterocycles. The summed E-state index contributed by atoms with van der Waals surface area (Å²) in [6, 6.07) is 0.